The molecule has 5 nitrogen and oxygen atoms in total. The van der Waals surface area contributed by atoms with E-state index in [9.17, 15) is 0 Å². The lowest BCUT2D eigenvalue weighted by molar-refractivity contribution is 0.181. The molecular formula is C12H22N3O2P. The van der Waals surface area contributed by atoms with Gasteiger partial charge in [0.1, 0.15) is 6.61 Å². The summed E-state index contributed by atoms with van der Waals surface area (Å²) >= 11 is 0. The van der Waals surface area contributed by atoms with Crippen molar-refractivity contribution in [2.75, 3.05) is 19.8 Å². The average molecular weight is 271 g/mol. The van der Waals surface area contributed by atoms with Gasteiger partial charge in [0.05, 0.1) is 19.1 Å². The van der Waals surface area contributed by atoms with Gasteiger partial charge in [0.25, 0.3) is 8.53 Å². The number of nitriles is 1. The Kier molecular flexibility index (Phi) is 9.83. The molecule has 0 aromatic rings. The zero-order valence-electron chi connectivity index (χ0n) is 11.6. The SMILES string of the molecule is [C-]#[N+]CCOP(OCCC#N)N(C(C)C)C(C)C. The molecule has 0 aliphatic rings. The molecule has 0 saturated carbocycles. The lowest BCUT2D eigenvalue weighted by Gasteiger charge is -2.35. The average Bonchev–Trinajstić information content (AvgIpc) is 2.28. The van der Waals surface area contributed by atoms with Crippen molar-refractivity contribution >= 4 is 8.53 Å². The highest BCUT2D eigenvalue weighted by Gasteiger charge is 2.27. The molecule has 0 aromatic heterocycles. The number of hydrogen-bond acceptors (Lipinski definition) is 4. The predicted octanol–water partition coefficient (Wildman–Crippen LogP) is 3.20. The van der Waals surface area contributed by atoms with Gasteiger partial charge in [-0.1, -0.05) is 0 Å². The van der Waals surface area contributed by atoms with Crippen LogP contribution in [0.3, 0.4) is 0 Å². The first-order valence-corrected chi connectivity index (χ1v) is 7.22. The lowest BCUT2D eigenvalue weighted by atomic mass is 10.3. The van der Waals surface area contributed by atoms with Gasteiger partial charge in [-0.2, -0.15) is 5.26 Å². The summed E-state index contributed by atoms with van der Waals surface area (Å²) in [4.78, 5) is 3.26. The maximum atomic E-state index is 8.53. The first-order valence-electron chi connectivity index (χ1n) is 6.09. The second-order valence-corrected chi connectivity index (χ2v) is 5.72. The van der Waals surface area contributed by atoms with Crippen LogP contribution in [0.5, 0.6) is 0 Å². The minimum absolute atomic E-state index is 0.297. The minimum Gasteiger partial charge on any atom is -0.321 e. The summed E-state index contributed by atoms with van der Waals surface area (Å²) in [6, 6.07) is 2.65. The van der Waals surface area contributed by atoms with Gasteiger partial charge in [0.2, 0.25) is 6.54 Å². The van der Waals surface area contributed by atoms with Crippen LogP contribution in [-0.4, -0.2) is 36.5 Å². The molecule has 0 saturated heterocycles. The Labute approximate surface area is 111 Å². The van der Waals surface area contributed by atoms with Crippen LogP contribution in [0.25, 0.3) is 4.85 Å². The zero-order chi connectivity index (χ0) is 14.0. The van der Waals surface area contributed by atoms with Crippen LogP contribution in [0.2, 0.25) is 0 Å². The van der Waals surface area contributed by atoms with Crippen molar-refractivity contribution in [1.82, 2.24) is 4.67 Å². The van der Waals surface area contributed by atoms with E-state index in [2.05, 4.69) is 43.3 Å². The molecule has 0 amide bonds. The monoisotopic (exact) mass is 271 g/mol. The third-order valence-corrected chi connectivity index (χ3v) is 4.17. The van der Waals surface area contributed by atoms with E-state index in [1.54, 1.807) is 0 Å². The van der Waals surface area contributed by atoms with Crippen LogP contribution in [0, 0.1) is 17.9 Å². The highest BCUT2D eigenvalue weighted by Crippen LogP contribution is 2.45. The molecule has 0 bridgehead atoms. The minimum atomic E-state index is -1.19. The molecule has 0 heterocycles. The Hall–Kier alpha value is -0.710. The highest BCUT2D eigenvalue weighted by molar-refractivity contribution is 7.44. The zero-order valence-corrected chi connectivity index (χ0v) is 12.5. The van der Waals surface area contributed by atoms with E-state index < -0.39 is 8.53 Å². The van der Waals surface area contributed by atoms with Gasteiger partial charge in [0.15, 0.2) is 0 Å². The first-order chi connectivity index (χ1) is 8.54. The molecule has 18 heavy (non-hydrogen) atoms. The molecule has 1 unspecified atom stereocenters. The number of hydrogen-bond donors (Lipinski definition) is 0. The summed E-state index contributed by atoms with van der Waals surface area (Å²) in [5, 5.41) is 8.53. The van der Waals surface area contributed by atoms with Crippen molar-refractivity contribution in [3.05, 3.63) is 11.4 Å². The summed E-state index contributed by atoms with van der Waals surface area (Å²) < 4.78 is 13.5. The van der Waals surface area contributed by atoms with Crippen molar-refractivity contribution in [3.63, 3.8) is 0 Å². The quantitative estimate of drug-likeness (QED) is 0.367. The normalized spacial score (nSPS) is 12.7. The van der Waals surface area contributed by atoms with E-state index in [4.69, 9.17) is 20.9 Å². The highest BCUT2D eigenvalue weighted by atomic mass is 31.2. The van der Waals surface area contributed by atoms with Crippen LogP contribution < -0.4 is 0 Å². The fraction of sp³-hybridized carbons (Fsp3) is 0.833. The molecule has 0 aliphatic carbocycles. The molecule has 0 rings (SSSR count). The summed E-state index contributed by atoms with van der Waals surface area (Å²) in [7, 11) is -1.19. The van der Waals surface area contributed by atoms with Gasteiger partial charge in [-0.25, -0.2) is 11.2 Å². The van der Waals surface area contributed by atoms with Gasteiger partial charge < -0.3 is 13.9 Å². The fourth-order valence-corrected chi connectivity index (χ4v) is 3.06. The Balaban J connectivity index is 4.49. The summed E-state index contributed by atoms with van der Waals surface area (Å²) in [5.41, 5.74) is 0. The molecule has 1 atom stereocenters. The predicted molar refractivity (Wildman–Crippen MR) is 72.6 cm³/mol. The number of nitrogens with zero attached hydrogens (tertiary/aromatic N) is 3. The van der Waals surface area contributed by atoms with Crippen LogP contribution >= 0.6 is 8.53 Å². The van der Waals surface area contributed by atoms with Gasteiger partial charge in [-0.15, -0.1) is 0 Å². The van der Waals surface area contributed by atoms with E-state index in [-0.39, 0.29) is 0 Å². The topological polar surface area (TPSA) is 49.9 Å². The molecule has 0 N–H and O–H groups in total. The Bertz CT molecular complexity index is 269. The van der Waals surface area contributed by atoms with Gasteiger partial charge in [0, 0.05) is 12.1 Å². The van der Waals surface area contributed by atoms with E-state index in [0.717, 1.165) is 0 Å². The van der Waals surface area contributed by atoms with E-state index >= 15 is 0 Å². The van der Waals surface area contributed by atoms with Crippen molar-refractivity contribution < 1.29 is 9.05 Å². The molecule has 0 aromatic carbocycles. The summed E-state index contributed by atoms with van der Waals surface area (Å²) in [6.45, 7) is 16.2. The maximum Gasteiger partial charge on any atom is 0.259 e. The Morgan fingerprint density at radius 3 is 2.22 bits per heavy atom. The van der Waals surface area contributed by atoms with Crippen LogP contribution in [0.4, 0.5) is 0 Å². The van der Waals surface area contributed by atoms with E-state index in [1.807, 2.05) is 0 Å². The summed E-state index contributed by atoms with van der Waals surface area (Å²) in [6.07, 6.45) is 0.356. The van der Waals surface area contributed by atoms with Crippen molar-refractivity contribution in [2.45, 2.75) is 46.2 Å². The Morgan fingerprint density at radius 2 is 1.78 bits per heavy atom. The number of rotatable bonds is 9. The van der Waals surface area contributed by atoms with Crippen LogP contribution in [-0.2, 0) is 9.05 Å². The molecule has 0 spiro atoms. The maximum absolute atomic E-state index is 8.53. The van der Waals surface area contributed by atoms with Gasteiger partial charge >= 0.3 is 0 Å². The van der Waals surface area contributed by atoms with Crippen LogP contribution in [0.15, 0.2) is 0 Å². The largest absolute Gasteiger partial charge is 0.321 e. The molecule has 6 heteroatoms. The second kappa shape index (κ2) is 10.2. The van der Waals surface area contributed by atoms with Crippen molar-refractivity contribution in [1.29, 1.82) is 5.26 Å². The molecule has 0 fully saturated rings. The van der Waals surface area contributed by atoms with Crippen molar-refractivity contribution in [2.24, 2.45) is 0 Å². The molecule has 0 radical (unpaired) electrons. The molecular weight excluding hydrogens is 249 g/mol. The molecule has 0 aliphatic heterocycles. The second-order valence-electron chi connectivity index (χ2n) is 4.26. The third-order valence-electron chi connectivity index (χ3n) is 2.07. The lowest BCUT2D eigenvalue weighted by Crippen LogP contribution is -2.33. The van der Waals surface area contributed by atoms with E-state index in [0.29, 0.717) is 38.3 Å². The summed E-state index contributed by atoms with van der Waals surface area (Å²) in [5.74, 6) is 0. The third kappa shape index (κ3) is 6.89. The van der Waals surface area contributed by atoms with Crippen LogP contribution in [0.1, 0.15) is 34.1 Å². The van der Waals surface area contributed by atoms with E-state index in [1.165, 1.54) is 0 Å². The van der Waals surface area contributed by atoms with Gasteiger partial charge in [-0.05, 0) is 27.7 Å². The molecule has 102 valence electrons. The van der Waals surface area contributed by atoms with Crippen molar-refractivity contribution in [3.8, 4) is 6.07 Å². The first kappa shape index (κ1) is 17.3. The fourth-order valence-electron chi connectivity index (χ4n) is 1.48. The standard InChI is InChI=1S/C12H22N3O2P/c1-11(2)15(12(3)4)18(16-9-6-7-13)17-10-8-14-5/h11-12H,6,8-10H2,1-4H3. The van der Waals surface area contributed by atoms with Gasteiger partial charge in [-0.3, -0.25) is 0 Å². The Morgan fingerprint density at radius 1 is 1.22 bits per heavy atom. The smallest absolute Gasteiger partial charge is 0.259 e.